The molecule has 2 aliphatic rings. The fourth-order valence-electron chi connectivity index (χ4n) is 4.19. The molecule has 0 spiro atoms. The van der Waals surface area contributed by atoms with E-state index < -0.39 is 10.0 Å². The lowest BCUT2D eigenvalue weighted by Gasteiger charge is -2.29. The molecular weight excluding hydrogens is 472 g/mol. The van der Waals surface area contributed by atoms with Crippen LogP contribution in [0, 0.1) is 6.92 Å². The van der Waals surface area contributed by atoms with Gasteiger partial charge >= 0.3 is 0 Å². The van der Waals surface area contributed by atoms with Gasteiger partial charge in [-0.1, -0.05) is 29.8 Å². The minimum Gasteiger partial charge on any atom is -0.496 e. The van der Waals surface area contributed by atoms with Crippen LogP contribution >= 0.6 is 0 Å². The topological polar surface area (TPSA) is 124 Å². The Balaban J connectivity index is 1.38. The molecule has 184 valence electrons. The lowest BCUT2D eigenvalue weighted by atomic mass is 9.85. The minimum absolute atomic E-state index is 0.0650. The zero-order valence-electron chi connectivity index (χ0n) is 19.5. The van der Waals surface area contributed by atoms with Crippen molar-refractivity contribution in [1.82, 2.24) is 14.9 Å². The van der Waals surface area contributed by atoms with Crippen molar-refractivity contribution >= 4 is 21.6 Å². The highest BCUT2D eigenvalue weighted by Gasteiger charge is 2.31. The van der Waals surface area contributed by atoms with Gasteiger partial charge in [-0.05, 0) is 37.5 Å². The number of ether oxygens (including phenoxy) is 2. The molecular formula is C24H26N4O6S. The van der Waals surface area contributed by atoms with Gasteiger partial charge in [-0.3, -0.25) is 9.69 Å². The minimum atomic E-state index is -3.87. The number of benzene rings is 2. The van der Waals surface area contributed by atoms with Gasteiger partial charge in [-0.25, -0.2) is 13.1 Å². The van der Waals surface area contributed by atoms with E-state index in [0.717, 1.165) is 19.3 Å². The summed E-state index contributed by atoms with van der Waals surface area (Å²) in [6, 6.07) is 10.3. The smallest absolute Gasteiger partial charge is 0.265 e. The van der Waals surface area contributed by atoms with Crippen LogP contribution in [-0.4, -0.2) is 38.2 Å². The van der Waals surface area contributed by atoms with Gasteiger partial charge in [-0.2, -0.15) is 4.98 Å². The predicted octanol–water partition coefficient (Wildman–Crippen LogP) is 3.06. The van der Waals surface area contributed by atoms with Crippen LogP contribution in [0.25, 0.3) is 0 Å². The van der Waals surface area contributed by atoms with Crippen LogP contribution in [0.3, 0.4) is 0 Å². The summed E-state index contributed by atoms with van der Waals surface area (Å²) in [5, 5.41) is 4.03. The average Bonchev–Trinajstić information content (AvgIpc) is 3.26. The molecule has 0 unspecified atom stereocenters. The van der Waals surface area contributed by atoms with Gasteiger partial charge in [0, 0.05) is 24.1 Å². The van der Waals surface area contributed by atoms with Crippen molar-refractivity contribution in [3.8, 4) is 11.5 Å². The first kappa shape index (κ1) is 23.3. The highest BCUT2D eigenvalue weighted by Crippen LogP contribution is 2.38. The molecule has 1 N–H and O–H groups in total. The lowest BCUT2D eigenvalue weighted by molar-refractivity contribution is -0.121. The van der Waals surface area contributed by atoms with Gasteiger partial charge in [-0.15, -0.1) is 0 Å². The Labute approximate surface area is 203 Å². The molecule has 0 bridgehead atoms. The summed E-state index contributed by atoms with van der Waals surface area (Å²) in [5.74, 6) is 1.93. The van der Waals surface area contributed by atoms with Crippen LogP contribution in [-0.2, 0) is 27.9 Å². The molecule has 1 saturated carbocycles. The molecule has 2 aromatic carbocycles. The fraction of sp³-hybridized carbons (Fsp3) is 0.375. The van der Waals surface area contributed by atoms with E-state index >= 15 is 0 Å². The van der Waals surface area contributed by atoms with Crippen molar-refractivity contribution in [3.63, 3.8) is 0 Å². The number of para-hydroxylation sites is 1. The number of carbonyl (C=O) groups excluding carboxylic acids is 1. The third kappa shape index (κ3) is 4.61. The van der Waals surface area contributed by atoms with E-state index in [1.165, 1.54) is 18.1 Å². The number of nitrogens with zero attached hydrogens (tertiary/aromatic N) is 3. The molecule has 1 amide bonds. The number of anilines is 1. The van der Waals surface area contributed by atoms with Crippen LogP contribution < -0.4 is 19.1 Å². The highest BCUT2D eigenvalue weighted by atomic mass is 32.2. The van der Waals surface area contributed by atoms with E-state index in [2.05, 4.69) is 14.9 Å². The molecule has 1 fully saturated rings. The Morgan fingerprint density at radius 1 is 1.23 bits per heavy atom. The first-order valence-electron chi connectivity index (χ1n) is 11.4. The summed E-state index contributed by atoms with van der Waals surface area (Å²) in [5.41, 5.74) is 1.66. The number of hydrogen-bond donors (Lipinski definition) is 1. The molecule has 10 nitrogen and oxygen atoms in total. The molecule has 2 heterocycles. The number of hydrogen-bond acceptors (Lipinski definition) is 8. The molecule has 0 saturated heterocycles. The van der Waals surface area contributed by atoms with Crippen molar-refractivity contribution in [2.24, 2.45) is 0 Å². The first-order chi connectivity index (χ1) is 16.9. The number of fused-ring (bicyclic) bond motifs is 1. The molecule has 1 aliphatic heterocycles. The zero-order valence-corrected chi connectivity index (χ0v) is 20.3. The number of aromatic nitrogens is 2. The van der Waals surface area contributed by atoms with Gasteiger partial charge < -0.3 is 14.0 Å². The van der Waals surface area contributed by atoms with Crippen molar-refractivity contribution < 1.29 is 27.2 Å². The Bertz CT molecular complexity index is 1370. The van der Waals surface area contributed by atoms with Crippen LogP contribution in [0.15, 0.2) is 45.8 Å². The molecule has 3 aromatic rings. The Morgan fingerprint density at radius 2 is 2.03 bits per heavy atom. The summed E-state index contributed by atoms with van der Waals surface area (Å²) < 4.78 is 45.1. The molecule has 11 heteroatoms. The van der Waals surface area contributed by atoms with Crippen molar-refractivity contribution in [2.75, 3.05) is 18.6 Å². The first-order valence-corrected chi connectivity index (χ1v) is 12.9. The zero-order chi connectivity index (χ0) is 24.6. The van der Waals surface area contributed by atoms with E-state index in [1.807, 2.05) is 12.1 Å². The van der Waals surface area contributed by atoms with Crippen molar-refractivity contribution in [2.45, 2.75) is 50.1 Å². The summed E-state index contributed by atoms with van der Waals surface area (Å²) >= 11 is 0. The molecule has 5 rings (SSSR count). The largest absolute Gasteiger partial charge is 0.496 e. The number of nitrogens with one attached hydrogen (secondary N) is 1. The van der Waals surface area contributed by atoms with E-state index in [9.17, 15) is 13.2 Å². The average molecular weight is 499 g/mol. The maximum Gasteiger partial charge on any atom is 0.265 e. The van der Waals surface area contributed by atoms with Crippen LogP contribution in [0.4, 0.5) is 5.69 Å². The van der Waals surface area contributed by atoms with Gasteiger partial charge in [0.2, 0.25) is 15.9 Å². The number of methoxy groups -OCH3 is 1. The van der Waals surface area contributed by atoms with E-state index in [0.29, 0.717) is 45.9 Å². The summed E-state index contributed by atoms with van der Waals surface area (Å²) in [4.78, 5) is 18.7. The molecule has 1 aliphatic carbocycles. The van der Waals surface area contributed by atoms with E-state index in [-0.39, 0.29) is 30.5 Å². The molecule has 1 aromatic heterocycles. The van der Waals surface area contributed by atoms with Crippen molar-refractivity contribution in [3.05, 3.63) is 59.2 Å². The summed E-state index contributed by atoms with van der Waals surface area (Å²) in [6.07, 6.45) is 3.21. The van der Waals surface area contributed by atoms with Crippen molar-refractivity contribution in [1.29, 1.82) is 0 Å². The second kappa shape index (κ2) is 9.31. The molecule has 0 radical (unpaired) electrons. The van der Waals surface area contributed by atoms with Gasteiger partial charge in [0.25, 0.3) is 5.91 Å². The summed E-state index contributed by atoms with van der Waals surface area (Å²) in [6.45, 7) is 1.65. The van der Waals surface area contributed by atoms with E-state index in [1.54, 1.807) is 25.1 Å². The number of sulfonamides is 1. The highest BCUT2D eigenvalue weighted by molar-refractivity contribution is 7.89. The Morgan fingerprint density at radius 3 is 2.77 bits per heavy atom. The van der Waals surface area contributed by atoms with Crippen LogP contribution in [0.1, 0.15) is 48.0 Å². The second-order valence-electron chi connectivity index (χ2n) is 8.67. The number of amides is 1. The number of carbonyl (C=O) groups is 1. The standard InChI is InChI=1S/C24H26N4O6S/c1-15-10-18-20(11-21(15)35(30,31)25-12-17-6-3-4-9-19(17)32-2)33-14-23(29)28(18)13-22-26-24(34-27-22)16-7-5-8-16/h3-4,6,9-11,16,25H,5,7-8,12-14H2,1-2H3. The van der Waals surface area contributed by atoms with Gasteiger partial charge in [0.1, 0.15) is 11.5 Å². The molecule has 0 atom stereocenters. The van der Waals surface area contributed by atoms with Crippen LogP contribution in [0.2, 0.25) is 0 Å². The summed E-state index contributed by atoms with van der Waals surface area (Å²) in [7, 11) is -2.33. The number of rotatable bonds is 8. The Hall–Kier alpha value is -3.44. The second-order valence-corrected chi connectivity index (χ2v) is 10.4. The number of aryl methyl sites for hydroxylation is 1. The SMILES string of the molecule is COc1ccccc1CNS(=O)(=O)c1cc2c(cc1C)N(Cc1noc(C3CCC3)n1)C(=O)CO2. The fourth-order valence-corrected chi connectivity index (χ4v) is 5.44. The van der Waals surface area contributed by atoms with Gasteiger partial charge in [0.15, 0.2) is 12.4 Å². The third-order valence-electron chi connectivity index (χ3n) is 6.37. The monoisotopic (exact) mass is 498 g/mol. The Kier molecular flexibility index (Phi) is 6.20. The third-order valence-corrected chi connectivity index (χ3v) is 7.92. The van der Waals surface area contributed by atoms with Gasteiger partial charge in [0.05, 0.1) is 24.2 Å². The lowest BCUT2D eigenvalue weighted by Crippen LogP contribution is -2.38. The normalized spacial score (nSPS) is 15.9. The molecule has 35 heavy (non-hydrogen) atoms. The predicted molar refractivity (Wildman–Crippen MR) is 126 cm³/mol. The van der Waals surface area contributed by atoms with Crippen LogP contribution in [0.5, 0.6) is 11.5 Å². The maximum absolute atomic E-state index is 13.1. The quantitative estimate of drug-likeness (QED) is 0.503. The van der Waals surface area contributed by atoms with E-state index in [4.69, 9.17) is 14.0 Å². The maximum atomic E-state index is 13.1.